The van der Waals surface area contributed by atoms with Crippen LogP contribution in [0.2, 0.25) is 0 Å². The first-order valence-corrected chi connectivity index (χ1v) is 6.61. The molecule has 0 spiro atoms. The maximum absolute atomic E-state index is 8.74. The van der Waals surface area contributed by atoms with Crippen molar-refractivity contribution < 1.29 is 17.5 Å². The largest absolute Gasteiger partial charge is 0.394 e. The van der Waals surface area contributed by atoms with Crippen molar-refractivity contribution in [2.24, 2.45) is 0 Å². The molecule has 100 valence electrons. The molecular formula is C11H16N2O4S. The normalized spacial score (nSPS) is 14.4. The van der Waals surface area contributed by atoms with Gasteiger partial charge in [0, 0.05) is 26.0 Å². The van der Waals surface area contributed by atoms with E-state index in [-0.39, 0.29) is 0 Å². The van der Waals surface area contributed by atoms with Crippen LogP contribution in [0.5, 0.6) is 0 Å². The van der Waals surface area contributed by atoms with Crippen molar-refractivity contribution in [2.75, 3.05) is 13.7 Å². The summed E-state index contributed by atoms with van der Waals surface area (Å²) >= 11 is 0. The van der Waals surface area contributed by atoms with Crippen molar-refractivity contribution in [1.82, 2.24) is 9.80 Å². The molecule has 6 nitrogen and oxygen atoms in total. The molecule has 2 N–H and O–H groups in total. The summed E-state index contributed by atoms with van der Waals surface area (Å²) in [6.07, 6.45) is 4.23. The van der Waals surface area contributed by atoms with E-state index in [1.54, 1.807) is 0 Å². The fourth-order valence-corrected chi connectivity index (χ4v) is 1.51. The molecule has 0 saturated heterocycles. The molecule has 0 atom stereocenters. The minimum absolute atomic E-state index is 0.995. The van der Waals surface area contributed by atoms with Gasteiger partial charge in [-0.3, -0.25) is 9.11 Å². The van der Waals surface area contributed by atoms with Crippen LogP contribution in [0.1, 0.15) is 5.56 Å². The third kappa shape index (κ3) is 6.89. The van der Waals surface area contributed by atoms with Crippen LogP contribution < -0.4 is 0 Å². The summed E-state index contributed by atoms with van der Waals surface area (Å²) in [5.74, 6) is 0. The van der Waals surface area contributed by atoms with Gasteiger partial charge in [-0.25, -0.2) is 0 Å². The van der Waals surface area contributed by atoms with Gasteiger partial charge in [0.2, 0.25) is 0 Å². The Morgan fingerprint density at radius 1 is 1.17 bits per heavy atom. The minimum atomic E-state index is -4.67. The highest BCUT2D eigenvalue weighted by molar-refractivity contribution is 7.79. The molecule has 7 heteroatoms. The average Bonchev–Trinajstić information content (AvgIpc) is 2.63. The van der Waals surface area contributed by atoms with Crippen LogP contribution in [0, 0.1) is 0 Å². The molecule has 0 unspecified atom stereocenters. The molecule has 1 aromatic rings. The Morgan fingerprint density at radius 3 is 2.17 bits per heavy atom. The Morgan fingerprint density at radius 2 is 1.72 bits per heavy atom. The highest BCUT2D eigenvalue weighted by Crippen LogP contribution is 2.09. The zero-order valence-electron chi connectivity index (χ0n) is 9.97. The average molecular weight is 272 g/mol. The van der Waals surface area contributed by atoms with Crippen LogP contribution in [0.15, 0.2) is 42.7 Å². The van der Waals surface area contributed by atoms with E-state index in [1.807, 2.05) is 0 Å². The van der Waals surface area contributed by atoms with Gasteiger partial charge >= 0.3 is 10.4 Å². The standard InChI is InChI=1S/C11H14N2.H2O4S/c1-12-7-8-13(10-12)9-11-5-3-2-4-6-11;1-5(2,3)4/h2-8H,9-10H2,1H3;(H2,1,2,3,4). The molecule has 0 amide bonds. The third-order valence-electron chi connectivity index (χ3n) is 2.17. The van der Waals surface area contributed by atoms with Crippen LogP contribution in [0.25, 0.3) is 0 Å². The molecule has 0 bridgehead atoms. The van der Waals surface area contributed by atoms with Crippen LogP contribution in [-0.2, 0) is 16.9 Å². The third-order valence-corrected chi connectivity index (χ3v) is 2.17. The summed E-state index contributed by atoms with van der Waals surface area (Å²) in [5, 5.41) is 0. The zero-order valence-corrected chi connectivity index (χ0v) is 10.8. The number of nitrogens with zero attached hydrogens (tertiary/aromatic N) is 2. The van der Waals surface area contributed by atoms with Gasteiger partial charge in [-0.05, 0) is 5.56 Å². The first kappa shape index (κ1) is 14.5. The number of rotatable bonds is 2. The van der Waals surface area contributed by atoms with E-state index in [4.69, 9.17) is 17.5 Å². The molecular weight excluding hydrogens is 256 g/mol. The quantitative estimate of drug-likeness (QED) is 0.788. The molecule has 1 heterocycles. The summed E-state index contributed by atoms with van der Waals surface area (Å²) in [6, 6.07) is 10.5. The van der Waals surface area contributed by atoms with Crippen molar-refractivity contribution >= 4 is 10.4 Å². The summed E-state index contributed by atoms with van der Waals surface area (Å²) in [5.41, 5.74) is 1.36. The predicted molar refractivity (Wildman–Crippen MR) is 67.9 cm³/mol. The molecule has 0 radical (unpaired) electrons. The number of benzene rings is 1. The first-order chi connectivity index (χ1) is 8.34. The monoisotopic (exact) mass is 272 g/mol. The molecule has 0 fully saturated rings. The predicted octanol–water partition coefficient (Wildman–Crippen LogP) is 1.21. The van der Waals surface area contributed by atoms with Gasteiger partial charge in [0.25, 0.3) is 0 Å². The fraction of sp³-hybridized carbons (Fsp3) is 0.273. The van der Waals surface area contributed by atoms with Crippen molar-refractivity contribution in [3.63, 3.8) is 0 Å². The van der Waals surface area contributed by atoms with E-state index in [9.17, 15) is 0 Å². The topological polar surface area (TPSA) is 81.1 Å². The molecule has 1 aliphatic rings. The lowest BCUT2D eigenvalue weighted by Crippen LogP contribution is -2.21. The zero-order chi connectivity index (χ0) is 13.6. The van der Waals surface area contributed by atoms with Gasteiger partial charge < -0.3 is 9.80 Å². The van der Waals surface area contributed by atoms with E-state index >= 15 is 0 Å². The van der Waals surface area contributed by atoms with Crippen molar-refractivity contribution in [3.05, 3.63) is 48.3 Å². The molecule has 1 aromatic carbocycles. The van der Waals surface area contributed by atoms with E-state index in [1.165, 1.54) is 5.56 Å². The lowest BCUT2D eigenvalue weighted by molar-refractivity contribution is 0.291. The highest BCUT2D eigenvalue weighted by atomic mass is 32.3. The molecule has 2 rings (SSSR count). The Labute approximate surface area is 107 Å². The second kappa shape index (κ2) is 6.39. The van der Waals surface area contributed by atoms with Crippen LogP contribution in [0.4, 0.5) is 0 Å². The van der Waals surface area contributed by atoms with Crippen molar-refractivity contribution in [2.45, 2.75) is 6.54 Å². The van der Waals surface area contributed by atoms with Gasteiger partial charge in [0.1, 0.15) is 0 Å². The van der Waals surface area contributed by atoms with Crippen LogP contribution >= 0.6 is 0 Å². The van der Waals surface area contributed by atoms with Gasteiger partial charge in [0.05, 0.1) is 6.67 Å². The van der Waals surface area contributed by atoms with E-state index in [0.717, 1.165) is 13.2 Å². The fourth-order valence-electron chi connectivity index (χ4n) is 1.51. The molecule has 18 heavy (non-hydrogen) atoms. The SMILES string of the molecule is CN1C=CN(Cc2ccccc2)C1.O=S(=O)(O)O. The van der Waals surface area contributed by atoms with E-state index in [0.29, 0.717) is 0 Å². The minimum Gasteiger partial charge on any atom is -0.362 e. The number of hydrogen-bond donors (Lipinski definition) is 2. The highest BCUT2D eigenvalue weighted by Gasteiger charge is 2.07. The summed E-state index contributed by atoms with van der Waals surface area (Å²) in [7, 11) is -2.58. The van der Waals surface area contributed by atoms with Gasteiger partial charge in [-0.15, -0.1) is 0 Å². The lowest BCUT2D eigenvalue weighted by Gasteiger charge is -2.17. The second-order valence-electron chi connectivity index (χ2n) is 3.88. The first-order valence-electron chi connectivity index (χ1n) is 5.21. The Hall–Kier alpha value is -1.57. The second-order valence-corrected chi connectivity index (χ2v) is 4.77. The maximum atomic E-state index is 8.74. The van der Waals surface area contributed by atoms with Gasteiger partial charge in [0.15, 0.2) is 0 Å². The van der Waals surface area contributed by atoms with Crippen LogP contribution in [-0.4, -0.2) is 41.0 Å². The van der Waals surface area contributed by atoms with Gasteiger partial charge in [-0.1, -0.05) is 30.3 Å². The molecule has 1 aliphatic heterocycles. The Kier molecular flexibility index (Phi) is 5.14. The smallest absolute Gasteiger partial charge is 0.362 e. The summed E-state index contributed by atoms with van der Waals surface area (Å²) in [4.78, 5) is 4.46. The Bertz CT molecular complexity index is 479. The van der Waals surface area contributed by atoms with Crippen molar-refractivity contribution in [3.8, 4) is 0 Å². The Balaban J connectivity index is 0.000000280. The summed E-state index contributed by atoms with van der Waals surface area (Å²) in [6.45, 7) is 2.00. The number of hydrogen-bond acceptors (Lipinski definition) is 4. The maximum Gasteiger partial charge on any atom is 0.394 e. The lowest BCUT2D eigenvalue weighted by atomic mass is 10.2. The van der Waals surface area contributed by atoms with E-state index < -0.39 is 10.4 Å². The molecule has 0 aliphatic carbocycles. The van der Waals surface area contributed by atoms with E-state index in [2.05, 4.69) is 59.6 Å². The van der Waals surface area contributed by atoms with Crippen LogP contribution in [0.3, 0.4) is 0 Å². The van der Waals surface area contributed by atoms with Crippen molar-refractivity contribution in [1.29, 1.82) is 0 Å². The van der Waals surface area contributed by atoms with Gasteiger partial charge in [-0.2, -0.15) is 8.42 Å². The molecule has 0 aromatic heterocycles. The molecule has 0 saturated carbocycles. The summed E-state index contributed by atoms with van der Waals surface area (Å²) < 4.78 is 31.6.